The van der Waals surface area contributed by atoms with E-state index in [2.05, 4.69) is 9.97 Å². The quantitative estimate of drug-likeness (QED) is 0.882. The molecule has 2 rings (SSSR count). The maximum atomic E-state index is 5.76. The predicted molar refractivity (Wildman–Crippen MR) is 65.2 cm³/mol. The number of hydrogen-bond donors (Lipinski definition) is 1. The zero-order valence-corrected chi connectivity index (χ0v) is 9.82. The Morgan fingerprint density at radius 1 is 1.19 bits per heavy atom. The van der Waals surface area contributed by atoms with Crippen molar-refractivity contribution >= 4 is 11.8 Å². The first-order valence-corrected chi connectivity index (χ1v) is 5.87. The van der Waals surface area contributed by atoms with Gasteiger partial charge in [0.2, 0.25) is 0 Å². The van der Waals surface area contributed by atoms with Gasteiger partial charge in [-0.3, -0.25) is 4.98 Å². The molecule has 0 radical (unpaired) electrons. The van der Waals surface area contributed by atoms with E-state index in [1.54, 1.807) is 24.2 Å². The molecule has 3 nitrogen and oxygen atoms in total. The van der Waals surface area contributed by atoms with Crippen molar-refractivity contribution in [2.75, 3.05) is 0 Å². The van der Waals surface area contributed by atoms with E-state index in [-0.39, 0.29) is 6.04 Å². The standard InChI is InChI=1S/C12H13N3S/c1-9(13)10-2-3-12(15-8-10)16-11-4-6-14-7-5-11/h2-9H,13H2,1H3. The lowest BCUT2D eigenvalue weighted by atomic mass is 10.2. The molecule has 0 aliphatic rings. The van der Waals surface area contributed by atoms with Crippen LogP contribution in [-0.2, 0) is 0 Å². The third-order valence-electron chi connectivity index (χ3n) is 2.16. The second kappa shape index (κ2) is 5.09. The fraction of sp³-hybridized carbons (Fsp3) is 0.167. The van der Waals surface area contributed by atoms with Crippen molar-refractivity contribution < 1.29 is 0 Å². The summed E-state index contributed by atoms with van der Waals surface area (Å²) in [4.78, 5) is 9.47. The third kappa shape index (κ3) is 2.81. The summed E-state index contributed by atoms with van der Waals surface area (Å²) in [5.74, 6) is 0. The van der Waals surface area contributed by atoms with Crippen LogP contribution in [0.5, 0.6) is 0 Å². The van der Waals surface area contributed by atoms with E-state index in [0.717, 1.165) is 15.5 Å². The number of rotatable bonds is 3. The third-order valence-corrected chi connectivity index (χ3v) is 3.12. The second-order valence-electron chi connectivity index (χ2n) is 3.50. The molecule has 1 unspecified atom stereocenters. The minimum Gasteiger partial charge on any atom is -0.324 e. The Morgan fingerprint density at radius 3 is 2.50 bits per heavy atom. The summed E-state index contributed by atoms with van der Waals surface area (Å²) in [5, 5.41) is 0.968. The summed E-state index contributed by atoms with van der Waals surface area (Å²) in [6.07, 6.45) is 5.38. The van der Waals surface area contributed by atoms with Gasteiger partial charge in [0.15, 0.2) is 0 Å². The zero-order chi connectivity index (χ0) is 11.4. The molecule has 16 heavy (non-hydrogen) atoms. The monoisotopic (exact) mass is 231 g/mol. The number of aromatic nitrogens is 2. The van der Waals surface area contributed by atoms with Crippen LogP contribution in [-0.4, -0.2) is 9.97 Å². The molecule has 2 aromatic heterocycles. The van der Waals surface area contributed by atoms with Gasteiger partial charge in [0.25, 0.3) is 0 Å². The molecule has 2 heterocycles. The topological polar surface area (TPSA) is 51.8 Å². The fourth-order valence-corrected chi connectivity index (χ4v) is 1.99. The van der Waals surface area contributed by atoms with Gasteiger partial charge in [-0.15, -0.1) is 0 Å². The van der Waals surface area contributed by atoms with Gasteiger partial charge in [-0.05, 0) is 30.7 Å². The molecule has 4 heteroatoms. The first-order chi connectivity index (χ1) is 7.75. The van der Waals surface area contributed by atoms with Gasteiger partial charge in [-0.2, -0.15) is 0 Å². The Balaban J connectivity index is 2.11. The van der Waals surface area contributed by atoms with Crippen molar-refractivity contribution in [1.82, 2.24) is 9.97 Å². The minimum atomic E-state index is 0.0347. The number of nitrogens with zero attached hydrogens (tertiary/aromatic N) is 2. The molecule has 0 aliphatic carbocycles. The second-order valence-corrected chi connectivity index (χ2v) is 4.60. The van der Waals surface area contributed by atoms with Crippen LogP contribution >= 0.6 is 11.8 Å². The maximum Gasteiger partial charge on any atom is 0.101 e. The van der Waals surface area contributed by atoms with Crippen LogP contribution in [0.25, 0.3) is 0 Å². The zero-order valence-electron chi connectivity index (χ0n) is 9.00. The number of hydrogen-bond acceptors (Lipinski definition) is 4. The molecule has 0 aliphatic heterocycles. The smallest absolute Gasteiger partial charge is 0.101 e. The van der Waals surface area contributed by atoms with Crippen molar-refractivity contribution in [1.29, 1.82) is 0 Å². The molecule has 0 spiro atoms. The van der Waals surface area contributed by atoms with E-state index >= 15 is 0 Å². The average Bonchev–Trinajstić information content (AvgIpc) is 2.31. The molecule has 82 valence electrons. The van der Waals surface area contributed by atoms with Crippen molar-refractivity contribution in [3.63, 3.8) is 0 Å². The number of pyridine rings is 2. The molecule has 0 bridgehead atoms. The molecule has 2 aromatic rings. The van der Waals surface area contributed by atoms with E-state index < -0.39 is 0 Å². The lowest BCUT2D eigenvalue weighted by Gasteiger charge is -2.05. The van der Waals surface area contributed by atoms with Gasteiger partial charge in [-0.25, -0.2) is 4.98 Å². The van der Waals surface area contributed by atoms with Crippen molar-refractivity contribution in [2.24, 2.45) is 5.73 Å². The maximum absolute atomic E-state index is 5.76. The molecule has 0 amide bonds. The highest BCUT2D eigenvalue weighted by atomic mass is 32.2. The van der Waals surface area contributed by atoms with Gasteiger partial charge < -0.3 is 5.73 Å². The van der Waals surface area contributed by atoms with Crippen LogP contribution in [0.3, 0.4) is 0 Å². The molecular weight excluding hydrogens is 218 g/mol. The highest BCUT2D eigenvalue weighted by Gasteiger charge is 2.01. The Hall–Kier alpha value is -1.39. The Kier molecular flexibility index (Phi) is 3.54. The molecular formula is C12H13N3S. The van der Waals surface area contributed by atoms with Crippen LogP contribution in [0.1, 0.15) is 18.5 Å². The highest BCUT2D eigenvalue weighted by molar-refractivity contribution is 7.99. The van der Waals surface area contributed by atoms with Crippen molar-refractivity contribution in [3.8, 4) is 0 Å². The van der Waals surface area contributed by atoms with E-state index in [4.69, 9.17) is 5.73 Å². The van der Waals surface area contributed by atoms with Gasteiger partial charge in [0.1, 0.15) is 5.03 Å². The lowest BCUT2D eigenvalue weighted by molar-refractivity contribution is 0.806. The average molecular weight is 231 g/mol. The van der Waals surface area contributed by atoms with Gasteiger partial charge in [0, 0.05) is 29.5 Å². The molecule has 1 atom stereocenters. The number of nitrogens with two attached hydrogens (primary N) is 1. The summed E-state index contributed by atoms with van der Waals surface area (Å²) in [7, 11) is 0. The van der Waals surface area contributed by atoms with Gasteiger partial charge in [-0.1, -0.05) is 17.8 Å². The largest absolute Gasteiger partial charge is 0.324 e. The highest BCUT2D eigenvalue weighted by Crippen LogP contribution is 2.25. The lowest BCUT2D eigenvalue weighted by Crippen LogP contribution is -2.04. The van der Waals surface area contributed by atoms with E-state index in [0.29, 0.717) is 0 Å². The van der Waals surface area contributed by atoms with E-state index in [1.807, 2.05) is 37.4 Å². The molecule has 0 aromatic carbocycles. The normalized spacial score (nSPS) is 12.4. The van der Waals surface area contributed by atoms with Crippen molar-refractivity contribution in [3.05, 3.63) is 48.4 Å². The van der Waals surface area contributed by atoms with E-state index in [9.17, 15) is 0 Å². The van der Waals surface area contributed by atoms with Crippen LogP contribution in [0.4, 0.5) is 0 Å². The van der Waals surface area contributed by atoms with Gasteiger partial charge >= 0.3 is 0 Å². The first-order valence-electron chi connectivity index (χ1n) is 5.05. The van der Waals surface area contributed by atoms with E-state index in [1.165, 1.54) is 0 Å². The fourth-order valence-electron chi connectivity index (χ4n) is 1.25. The molecule has 0 fully saturated rings. The summed E-state index contributed by atoms with van der Waals surface area (Å²) >= 11 is 1.62. The Bertz CT molecular complexity index is 440. The van der Waals surface area contributed by atoms with Gasteiger partial charge in [0.05, 0.1) is 0 Å². The minimum absolute atomic E-state index is 0.0347. The predicted octanol–water partition coefficient (Wildman–Crippen LogP) is 2.65. The summed E-state index contributed by atoms with van der Waals surface area (Å²) in [5.41, 5.74) is 6.82. The SMILES string of the molecule is CC(N)c1ccc(Sc2ccncc2)nc1. The summed E-state index contributed by atoms with van der Waals surface area (Å²) in [6.45, 7) is 1.95. The molecule has 2 N–H and O–H groups in total. The van der Waals surface area contributed by atoms with Crippen LogP contribution in [0.15, 0.2) is 52.8 Å². The molecule has 0 saturated carbocycles. The summed E-state index contributed by atoms with van der Waals surface area (Å²) < 4.78 is 0. The summed E-state index contributed by atoms with van der Waals surface area (Å²) in [6, 6.07) is 7.97. The Morgan fingerprint density at radius 2 is 1.94 bits per heavy atom. The first kappa shape index (κ1) is 11.1. The Labute approximate surface area is 99.1 Å². The van der Waals surface area contributed by atoms with Crippen LogP contribution < -0.4 is 5.73 Å². The molecule has 0 saturated heterocycles. The van der Waals surface area contributed by atoms with Crippen molar-refractivity contribution in [2.45, 2.75) is 22.9 Å². The van der Waals surface area contributed by atoms with Crippen LogP contribution in [0, 0.1) is 0 Å². The van der Waals surface area contributed by atoms with Crippen LogP contribution in [0.2, 0.25) is 0 Å².